The van der Waals surface area contributed by atoms with Gasteiger partial charge in [0.1, 0.15) is 6.29 Å². The molecule has 1 saturated carbocycles. The minimum atomic E-state index is 0.166. The number of carbonyl (C=O) groups excluding carboxylic acids is 2. The summed E-state index contributed by atoms with van der Waals surface area (Å²) in [5.41, 5.74) is 4.90. The number of nitrogens with zero attached hydrogens (tertiary/aromatic N) is 2. The van der Waals surface area contributed by atoms with Gasteiger partial charge in [-0.2, -0.15) is 0 Å². The predicted octanol–water partition coefficient (Wildman–Crippen LogP) is 4.27. The van der Waals surface area contributed by atoms with Crippen LogP contribution in [-0.4, -0.2) is 68.9 Å². The number of hydrogen-bond donors (Lipinski definition) is 1. The van der Waals surface area contributed by atoms with Gasteiger partial charge in [-0.15, -0.1) is 0 Å². The van der Waals surface area contributed by atoms with Crippen molar-refractivity contribution in [2.75, 3.05) is 40.9 Å². The lowest BCUT2D eigenvalue weighted by Crippen LogP contribution is -2.43. The van der Waals surface area contributed by atoms with E-state index in [1.807, 2.05) is 38.2 Å². The third-order valence-electron chi connectivity index (χ3n) is 6.45. The number of aldehydes is 1. The van der Waals surface area contributed by atoms with Gasteiger partial charge in [0, 0.05) is 46.9 Å². The molecule has 0 aromatic heterocycles. The highest BCUT2D eigenvalue weighted by Gasteiger charge is 2.36. The molecule has 194 valence electrons. The molecule has 1 aliphatic heterocycles. The molecule has 2 fully saturated rings. The molecule has 1 atom stereocenters. The molecule has 1 unspecified atom stereocenters. The maximum absolute atomic E-state index is 13.1. The lowest BCUT2D eigenvalue weighted by Gasteiger charge is -2.30. The van der Waals surface area contributed by atoms with Crippen LogP contribution in [0.4, 0.5) is 0 Å². The molecule has 0 spiro atoms. The summed E-state index contributed by atoms with van der Waals surface area (Å²) < 4.78 is 5.16. The van der Waals surface area contributed by atoms with Crippen LogP contribution < -0.4 is 5.32 Å². The van der Waals surface area contributed by atoms with Crippen LogP contribution in [0.5, 0.6) is 0 Å². The van der Waals surface area contributed by atoms with E-state index in [0.29, 0.717) is 11.9 Å². The van der Waals surface area contributed by atoms with Crippen molar-refractivity contribution in [2.24, 2.45) is 5.92 Å². The molecular formula is C29H45N3O3. The van der Waals surface area contributed by atoms with Gasteiger partial charge in [-0.05, 0) is 99.5 Å². The van der Waals surface area contributed by atoms with Crippen LogP contribution in [-0.2, 0) is 27.3 Å². The third-order valence-corrected chi connectivity index (χ3v) is 6.45. The summed E-state index contributed by atoms with van der Waals surface area (Å²) >= 11 is 0. The average molecular weight is 484 g/mol. The first-order chi connectivity index (χ1) is 16.8. The van der Waals surface area contributed by atoms with Crippen molar-refractivity contribution in [3.8, 4) is 0 Å². The van der Waals surface area contributed by atoms with E-state index in [2.05, 4.69) is 35.3 Å². The van der Waals surface area contributed by atoms with E-state index in [1.54, 1.807) is 7.11 Å². The Morgan fingerprint density at radius 2 is 2.00 bits per heavy atom. The van der Waals surface area contributed by atoms with Gasteiger partial charge in [-0.1, -0.05) is 18.2 Å². The lowest BCUT2D eigenvalue weighted by atomic mass is 9.97. The topological polar surface area (TPSA) is 61.9 Å². The second-order valence-corrected chi connectivity index (χ2v) is 9.92. The summed E-state index contributed by atoms with van der Waals surface area (Å²) in [4.78, 5) is 27.1. The summed E-state index contributed by atoms with van der Waals surface area (Å²) in [6.07, 6.45) is 12.6. The molecule has 6 nitrogen and oxygen atoms in total. The van der Waals surface area contributed by atoms with Crippen LogP contribution in [0.3, 0.4) is 0 Å². The molecule has 3 rings (SSSR count). The van der Waals surface area contributed by atoms with E-state index in [1.165, 1.54) is 35.6 Å². The quantitative estimate of drug-likeness (QED) is 0.220. The number of methoxy groups -OCH3 is 1. The summed E-state index contributed by atoms with van der Waals surface area (Å²) in [6.45, 7) is 7.50. The van der Waals surface area contributed by atoms with Gasteiger partial charge in [-0.25, -0.2) is 0 Å². The molecule has 2 aliphatic rings. The Balaban J connectivity index is 0.000000367. The van der Waals surface area contributed by atoms with Crippen molar-refractivity contribution >= 4 is 12.2 Å². The van der Waals surface area contributed by atoms with Gasteiger partial charge in [0.2, 0.25) is 5.91 Å². The molecule has 1 amide bonds. The van der Waals surface area contributed by atoms with Crippen LogP contribution in [0.15, 0.2) is 42.1 Å². The summed E-state index contributed by atoms with van der Waals surface area (Å²) in [6, 6.07) is 7.18. The van der Waals surface area contributed by atoms with Crippen LogP contribution >= 0.6 is 0 Å². The normalized spacial score (nSPS) is 18.1. The van der Waals surface area contributed by atoms with Crippen LogP contribution in [0.2, 0.25) is 0 Å². The number of carbonyl (C=O) groups is 2. The first-order valence-electron chi connectivity index (χ1n) is 12.9. The first-order valence-corrected chi connectivity index (χ1v) is 12.9. The summed E-state index contributed by atoms with van der Waals surface area (Å²) in [5.74, 6) is 0.526. The second-order valence-electron chi connectivity index (χ2n) is 9.92. The maximum atomic E-state index is 13.1. The van der Waals surface area contributed by atoms with E-state index in [4.69, 9.17) is 4.74 Å². The number of allylic oxidation sites excluding steroid dienone is 3. The summed E-state index contributed by atoms with van der Waals surface area (Å²) in [7, 11) is 5.62. The Morgan fingerprint density at radius 3 is 2.60 bits per heavy atom. The molecule has 1 aliphatic carbocycles. The van der Waals surface area contributed by atoms with Gasteiger partial charge in [0.15, 0.2) is 0 Å². The molecule has 6 heteroatoms. The average Bonchev–Trinajstić information content (AvgIpc) is 3.69. The van der Waals surface area contributed by atoms with E-state index in [0.717, 1.165) is 63.8 Å². The Hall–Kier alpha value is -2.44. The van der Waals surface area contributed by atoms with E-state index >= 15 is 0 Å². The maximum Gasteiger partial charge on any atom is 0.227 e. The van der Waals surface area contributed by atoms with Crippen molar-refractivity contribution in [2.45, 2.75) is 65.0 Å². The number of piperidine rings is 1. The van der Waals surface area contributed by atoms with Gasteiger partial charge < -0.3 is 19.9 Å². The number of amides is 1. The minimum absolute atomic E-state index is 0.166. The van der Waals surface area contributed by atoms with E-state index in [9.17, 15) is 9.59 Å². The van der Waals surface area contributed by atoms with Gasteiger partial charge in [0.05, 0.1) is 5.92 Å². The highest BCUT2D eigenvalue weighted by atomic mass is 16.5. The zero-order chi connectivity index (χ0) is 25.6. The van der Waals surface area contributed by atoms with Crippen LogP contribution in [0.25, 0.3) is 0 Å². The highest BCUT2D eigenvalue weighted by molar-refractivity contribution is 5.80. The van der Waals surface area contributed by atoms with Crippen molar-refractivity contribution in [3.05, 3.63) is 58.8 Å². The molecule has 35 heavy (non-hydrogen) atoms. The number of rotatable bonds is 11. The van der Waals surface area contributed by atoms with Crippen molar-refractivity contribution in [3.63, 3.8) is 0 Å². The number of aryl methyl sites for hydroxylation is 2. The first kappa shape index (κ1) is 28.8. The molecule has 1 saturated heterocycles. The highest BCUT2D eigenvalue weighted by Crippen LogP contribution is 2.31. The molecule has 1 heterocycles. The standard InChI is InChI=1S/C21H32N2O2.C8H13NO/c1-16-7-8-17(5-4-12-25-2)13-19(16)15-23(20-9-10-20)21(24)18-6-3-11-22-14-18;1-8(5-7-10)4-6-9(2)3/h7-8,13,18,20,22H,3-6,9-12,14-15H2,1-2H3;4-7H,1-3H3/b;6-4-,8-5-. The second kappa shape index (κ2) is 15.5. The zero-order valence-electron chi connectivity index (χ0n) is 22.4. The molecule has 0 bridgehead atoms. The largest absolute Gasteiger partial charge is 0.385 e. The smallest absolute Gasteiger partial charge is 0.227 e. The fraction of sp³-hybridized carbons (Fsp3) is 0.586. The fourth-order valence-corrected chi connectivity index (χ4v) is 4.15. The van der Waals surface area contributed by atoms with E-state index < -0.39 is 0 Å². The number of nitrogens with one attached hydrogen (secondary N) is 1. The van der Waals surface area contributed by atoms with Gasteiger partial charge in [-0.3, -0.25) is 9.59 Å². The fourth-order valence-electron chi connectivity index (χ4n) is 4.15. The monoisotopic (exact) mass is 483 g/mol. The number of hydrogen-bond acceptors (Lipinski definition) is 5. The molecule has 0 radical (unpaired) electrons. The van der Waals surface area contributed by atoms with Crippen molar-refractivity contribution < 1.29 is 14.3 Å². The van der Waals surface area contributed by atoms with Crippen molar-refractivity contribution in [1.29, 1.82) is 0 Å². The van der Waals surface area contributed by atoms with Crippen molar-refractivity contribution in [1.82, 2.24) is 15.1 Å². The van der Waals surface area contributed by atoms with Crippen LogP contribution in [0.1, 0.15) is 55.7 Å². The molecule has 1 N–H and O–H groups in total. The van der Waals surface area contributed by atoms with Gasteiger partial charge >= 0.3 is 0 Å². The van der Waals surface area contributed by atoms with Gasteiger partial charge in [0.25, 0.3) is 0 Å². The van der Waals surface area contributed by atoms with E-state index in [-0.39, 0.29) is 5.92 Å². The SMILES string of the molecule is CC(/C=C\N(C)C)=C/C=O.COCCCc1ccc(C)c(CN(C(=O)C2CCCNC2)C2CC2)c1. The minimum Gasteiger partial charge on any atom is -0.385 e. The summed E-state index contributed by atoms with van der Waals surface area (Å²) in [5, 5.41) is 3.38. The Labute approximate surface area is 212 Å². The molecule has 1 aromatic rings. The zero-order valence-corrected chi connectivity index (χ0v) is 22.4. The Kier molecular flexibility index (Phi) is 12.8. The molecular weight excluding hydrogens is 438 g/mol. The Bertz CT molecular complexity index is 853. The number of benzene rings is 1. The predicted molar refractivity (Wildman–Crippen MR) is 143 cm³/mol. The Morgan fingerprint density at radius 1 is 1.23 bits per heavy atom. The lowest BCUT2D eigenvalue weighted by molar-refractivity contribution is -0.137. The van der Waals surface area contributed by atoms with Crippen LogP contribution in [0, 0.1) is 12.8 Å². The third kappa shape index (κ3) is 10.8. The number of ether oxygens (including phenoxy) is 1. The molecule has 1 aromatic carbocycles.